The summed E-state index contributed by atoms with van der Waals surface area (Å²) in [4.78, 5) is 153. The SMILES string of the molecule is C=C1NC(=O)c2nc(oc2C)C(=C)NC(=O)[C@H](C(C)(C)O)NC(=O)C(=C)NC(=O)c2coc(n2)/C(=C/C)NC(=O)[C@H]([C@H](C)O)NC(=O)c2csc(n2)-c2ccc(C(=O)NC(=C)C(=O)N[C@@H](C)C(N)=O)nc2-c2coc(n2)C(=C)NC1=O. The molecule has 0 spiro atoms. The van der Waals surface area contributed by atoms with Gasteiger partial charge < -0.3 is 77.0 Å². The monoisotopic (exact) mass is 1130 g/mol. The standard InChI is InChI=1S/C50H51N15O15S/c1-12-27-48-61-30(16-79-48)41(72)54-21(5)39(70)65-35(50(10,11)77)45(76)57-23(7)47-64-33(25(9)80-47)44(75)55-20(4)38(69)56-22(6)46-60-29(15-78-46)34-26(49-62-31(17-81-49)42(73)63-32(24(8)66)43(74)59-27)13-14-28(58-34)40(71)53-19(3)37(68)52-18(2)36(51)67/h12-18,24,32,35,66,77H,3-7H2,1-2,8-11H3,(H2,51,67)(H,52,68)(H,53,71)(H,54,72)(H,55,75)(H,56,69)(H,57,76)(H,59,74)(H,63,73)(H,65,70)/b27-12-/t18-,24-,32-,35+/m0/s1. The molecule has 13 N–H and O–H groups in total. The van der Waals surface area contributed by atoms with Gasteiger partial charge in [-0.2, -0.15) is 0 Å². The maximum atomic E-state index is 13.8. The van der Waals surface area contributed by atoms with E-state index in [1.165, 1.54) is 65.1 Å². The Labute approximate surface area is 461 Å². The van der Waals surface area contributed by atoms with E-state index >= 15 is 0 Å². The highest BCUT2D eigenvalue weighted by molar-refractivity contribution is 7.13. The van der Waals surface area contributed by atoms with Crippen molar-refractivity contribution in [3.05, 3.63) is 132 Å². The van der Waals surface area contributed by atoms with Crippen molar-refractivity contribution in [1.82, 2.24) is 72.8 Å². The summed E-state index contributed by atoms with van der Waals surface area (Å²) < 4.78 is 16.6. The number of carbonyl (C=O) groups is 10. The summed E-state index contributed by atoms with van der Waals surface area (Å²) in [6.07, 6.45) is 1.70. The molecule has 4 atom stereocenters. The fraction of sp³-hybridized carbons (Fsp3) is 0.220. The Morgan fingerprint density at radius 2 is 1.36 bits per heavy atom. The molecule has 422 valence electrons. The summed E-state index contributed by atoms with van der Waals surface area (Å²) >= 11 is 0.891. The van der Waals surface area contributed by atoms with Crippen LogP contribution in [0.1, 0.15) is 100 Å². The van der Waals surface area contributed by atoms with Crippen molar-refractivity contribution in [2.45, 2.75) is 71.4 Å². The molecule has 6 heterocycles. The van der Waals surface area contributed by atoms with Gasteiger partial charge in [-0.15, -0.1) is 11.3 Å². The van der Waals surface area contributed by atoms with Gasteiger partial charge in [0, 0.05) is 10.9 Å². The number of fused-ring (bicyclic) bond motifs is 11. The van der Waals surface area contributed by atoms with Gasteiger partial charge in [0.25, 0.3) is 41.4 Å². The molecule has 0 radical (unpaired) electrons. The third-order valence-corrected chi connectivity index (χ3v) is 12.0. The fourth-order valence-electron chi connectivity index (χ4n) is 6.74. The van der Waals surface area contributed by atoms with Crippen LogP contribution in [0.2, 0.25) is 0 Å². The van der Waals surface area contributed by atoms with Crippen molar-refractivity contribution < 1.29 is 71.4 Å². The minimum Gasteiger partial charge on any atom is -0.443 e. The first-order chi connectivity index (χ1) is 38.0. The normalized spacial score (nSPS) is 17.8. The van der Waals surface area contributed by atoms with Gasteiger partial charge in [-0.05, 0) is 53.7 Å². The summed E-state index contributed by atoms with van der Waals surface area (Å²) in [6, 6.07) is -1.99. The number of oxazole rings is 3. The molecular weight excluding hydrogens is 1080 g/mol. The molecule has 8 bridgehead atoms. The molecule has 5 aromatic heterocycles. The van der Waals surface area contributed by atoms with E-state index in [-0.39, 0.29) is 68.0 Å². The summed E-state index contributed by atoms with van der Waals surface area (Å²) in [6.45, 7) is 25.8. The van der Waals surface area contributed by atoms with Gasteiger partial charge in [-0.25, -0.2) is 24.9 Å². The average Bonchev–Trinajstić information content (AvgIpc) is 4.29. The largest absolute Gasteiger partial charge is 0.443 e. The number of thiazole rings is 1. The van der Waals surface area contributed by atoms with E-state index in [4.69, 9.17) is 19.0 Å². The molecule has 5 aromatic rings. The number of nitrogens with one attached hydrogen (secondary N) is 9. The molecule has 10 amide bonds. The van der Waals surface area contributed by atoms with E-state index < -0.39 is 123 Å². The summed E-state index contributed by atoms with van der Waals surface area (Å²) in [5.74, 6) is -11.3. The van der Waals surface area contributed by atoms with Gasteiger partial charge in [0.1, 0.15) is 64.2 Å². The van der Waals surface area contributed by atoms with Crippen LogP contribution >= 0.6 is 11.3 Å². The van der Waals surface area contributed by atoms with Crippen molar-refractivity contribution >= 4 is 87.5 Å². The van der Waals surface area contributed by atoms with Crippen LogP contribution in [0.4, 0.5) is 0 Å². The molecule has 6 rings (SSSR count). The van der Waals surface area contributed by atoms with Crippen LogP contribution in [0.5, 0.6) is 0 Å². The topological polar surface area (TPSA) is 449 Å². The van der Waals surface area contributed by atoms with E-state index in [0.717, 1.165) is 23.9 Å². The second-order valence-electron chi connectivity index (χ2n) is 17.9. The van der Waals surface area contributed by atoms with E-state index in [0.29, 0.717) is 0 Å². The number of nitrogens with two attached hydrogens (primary N) is 1. The van der Waals surface area contributed by atoms with Gasteiger partial charge in [-0.1, -0.05) is 39.0 Å². The summed E-state index contributed by atoms with van der Waals surface area (Å²) in [7, 11) is 0. The number of allylic oxidation sites excluding steroid dienone is 1. The lowest BCUT2D eigenvalue weighted by Gasteiger charge is -2.29. The van der Waals surface area contributed by atoms with Gasteiger partial charge >= 0.3 is 0 Å². The van der Waals surface area contributed by atoms with Crippen LogP contribution in [0.15, 0.2) is 99.4 Å². The maximum absolute atomic E-state index is 13.8. The van der Waals surface area contributed by atoms with E-state index in [2.05, 4.69) is 106 Å². The Hall–Kier alpha value is -10.5. The molecule has 0 saturated carbocycles. The number of hydrogen-bond acceptors (Lipinski definition) is 21. The molecule has 0 aliphatic carbocycles. The van der Waals surface area contributed by atoms with Crippen molar-refractivity contribution in [3.63, 3.8) is 0 Å². The number of aliphatic hydroxyl groups excluding tert-OH is 1. The minimum absolute atomic E-state index is 0.0688. The maximum Gasteiger partial charge on any atom is 0.278 e. The van der Waals surface area contributed by atoms with Crippen molar-refractivity contribution in [2.75, 3.05) is 0 Å². The number of aromatic nitrogens is 5. The fourth-order valence-corrected chi connectivity index (χ4v) is 7.56. The number of primary amides is 1. The van der Waals surface area contributed by atoms with Crippen LogP contribution in [0, 0.1) is 6.92 Å². The number of amides is 10. The van der Waals surface area contributed by atoms with E-state index in [1.54, 1.807) is 0 Å². The Morgan fingerprint density at radius 1 is 0.741 bits per heavy atom. The number of carbonyl (C=O) groups excluding carboxylic acids is 10. The summed E-state index contributed by atoms with van der Waals surface area (Å²) in [5, 5.41) is 43.8. The zero-order chi connectivity index (χ0) is 59.9. The number of aryl methyl sites for hydroxylation is 1. The summed E-state index contributed by atoms with van der Waals surface area (Å²) in [5.41, 5.74) is -0.841. The number of pyridine rings is 1. The Balaban J connectivity index is 1.35. The lowest BCUT2D eigenvalue weighted by Crippen LogP contribution is -2.58. The Bertz CT molecular complexity index is 3560. The van der Waals surface area contributed by atoms with Crippen LogP contribution < -0.4 is 53.6 Å². The zero-order valence-corrected chi connectivity index (χ0v) is 44.5. The lowest BCUT2D eigenvalue weighted by atomic mass is 9.97. The Kier molecular flexibility index (Phi) is 18.0. The van der Waals surface area contributed by atoms with Crippen LogP contribution in [0.25, 0.3) is 39.1 Å². The first-order valence-electron chi connectivity index (χ1n) is 23.4. The first kappa shape index (κ1) is 59.7. The molecule has 0 aromatic carbocycles. The number of hydrogen-bond donors (Lipinski definition) is 12. The van der Waals surface area contributed by atoms with Gasteiger partial charge in [0.15, 0.2) is 11.4 Å². The van der Waals surface area contributed by atoms with Gasteiger partial charge in [-0.3, -0.25) is 47.9 Å². The third kappa shape index (κ3) is 14.2. The molecule has 81 heavy (non-hydrogen) atoms. The second-order valence-corrected chi connectivity index (χ2v) is 18.7. The highest BCUT2D eigenvalue weighted by Crippen LogP contribution is 2.33. The molecule has 30 nitrogen and oxygen atoms in total. The second kappa shape index (κ2) is 24.4. The highest BCUT2D eigenvalue weighted by Gasteiger charge is 2.37. The van der Waals surface area contributed by atoms with Crippen LogP contribution in [-0.4, -0.2) is 124 Å². The number of aliphatic hydroxyl groups is 2. The molecule has 0 saturated heterocycles. The van der Waals surface area contributed by atoms with Crippen LogP contribution in [-0.2, 0) is 28.8 Å². The van der Waals surface area contributed by atoms with Crippen molar-refractivity contribution in [1.29, 1.82) is 0 Å². The molecule has 0 unspecified atom stereocenters. The third-order valence-electron chi connectivity index (χ3n) is 11.1. The minimum atomic E-state index is -1.99. The van der Waals surface area contributed by atoms with Crippen LogP contribution in [0.3, 0.4) is 0 Å². The van der Waals surface area contributed by atoms with Gasteiger partial charge in [0.05, 0.1) is 45.9 Å². The molecule has 31 heteroatoms. The van der Waals surface area contributed by atoms with Gasteiger partial charge in [0.2, 0.25) is 35.4 Å². The smallest absolute Gasteiger partial charge is 0.278 e. The van der Waals surface area contributed by atoms with E-state index in [1.807, 2.05) is 0 Å². The van der Waals surface area contributed by atoms with Crippen molar-refractivity contribution in [3.8, 4) is 22.0 Å². The zero-order valence-electron chi connectivity index (χ0n) is 43.7. The predicted octanol–water partition coefficient (Wildman–Crippen LogP) is -0.335. The molecule has 1 aliphatic heterocycles. The quantitative estimate of drug-likeness (QED) is 0.0928. The highest BCUT2D eigenvalue weighted by atomic mass is 32.1. The Morgan fingerprint density at radius 3 is 2.01 bits per heavy atom. The molecular formula is C50H51N15O15S. The first-order valence-corrected chi connectivity index (χ1v) is 24.3. The number of rotatable bonds is 7. The lowest BCUT2D eigenvalue weighted by molar-refractivity contribution is -0.132. The number of nitrogens with zero attached hydrogens (tertiary/aromatic N) is 5. The molecule has 1 aliphatic rings. The van der Waals surface area contributed by atoms with E-state index in [9.17, 15) is 58.2 Å². The molecule has 0 fully saturated rings. The average molecular weight is 1130 g/mol. The van der Waals surface area contributed by atoms with Crippen molar-refractivity contribution in [2.24, 2.45) is 5.73 Å². The predicted molar refractivity (Wildman–Crippen MR) is 283 cm³/mol.